The highest BCUT2D eigenvalue weighted by molar-refractivity contribution is 5.85. The second kappa shape index (κ2) is 7.34. The number of esters is 1. The van der Waals surface area contributed by atoms with Crippen molar-refractivity contribution in [3.63, 3.8) is 0 Å². The molecule has 1 unspecified atom stereocenters. The van der Waals surface area contributed by atoms with Crippen molar-refractivity contribution in [3.05, 3.63) is 41.2 Å². The highest BCUT2D eigenvalue weighted by Crippen LogP contribution is 2.22. The lowest BCUT2D eigenvalue weighted by atomic mass is 9.92. The summed E-state index contributed by atoms with van der Waals surface area (Å²) in [7, 11) is 0. The number of benzene rings is 1. The Morgan fingerprint density at radius 2 is 1.77 bits per heavy atom. The second-order valence-electron chi connectivity index (χ2n) is 6.37. The van der Waals surface area contributed by atoms with E-state index in [1.807, 2.05) is 0 Å². The quantitative estimate of drug-likeness (QED) is 0.767. The largest absolute Gasteiger partial charge is 0.460 e. The third-order valence-corrected chi connectivity index (χ3v) is 3.16. The molecule has 0 fully saturated rings. The molecule has 0 amide bonds. The van der Waals surface area contributed by atoms with E-state index in [-0.39, 0.29) is 24.0 Å². The molecule has 1 atom stereocenters. The van der Waals surface area contributed by atoms with Crippen molar-refractivity contribution in [3.8, 4) is 0 Å². The lowest BCUT2D eigenvalue weighted by Crippen LogP contribution is -2.25. The van der Waals surface area contributed by atoms with E-state index in [0.29, 0.717) is 5.57 Å². The summed E-state index contributed by atoms with van der Waals surface area (Å²) < 4.78 is 18.3. The molecule has 1 rings (SSSR count). The molecular weight excluding hydrogens is 283 g/mol. The van der Waals surface area contributed by atoms with E-state index in [2.05, 4.69) is 0 Å². The number of hydrogen-bond acceptors (Lipinski definition) is 3. The van der Waals surface area contributed by atoms with E-state index < -0.39 is 11.5 Å². The molecule has 0 radical (unpaired) electrons. The van der Waals surface area contributed by atoms with Gasteiger partial charge in [0, 0.05) is 5.92 Å². The fourth-order valence-corrected chi connectivity index (χ4v) is 1.91. The van der Waals surface area contributed by atoms with Gasteiger partial charge in [-0.25, -0.2) is 4.39 Å². The maximum Gasteiger partial charge on any atom is 0.310 e. The van der Waals surface area contributed by atoms with Gasteiger partial charge < -0.3 is 4.74 Å². The molecule has 0 aliphatic carbocycles. The zero-order valence-corrected chi connectivity index (χ0v) is 13.8. The smallest absolute Gasteiger partial charge is 0.310 e. The van der Waals surface area contributed by atoms with E-state index >= 15 is 0 Å². The van der Waals surface area contributed by atoms with E-state index in [9.17, 15) is 14.0 Å². The Kier molecular flexibility index (Phi) is 6.03. The van der Waals surface area contributed by atoms with Crippen LogP contribution in [0.2, 0.25) is 0 Å². The first kappa shape index (κ1) is 18.1. The van der Waals surface area contributed by atoms with Crippen molar-refractivity contribution in [2.45, 2.75) is 46.6 Å². The molecule has 0 saturated heterocycles. The number of halogens is 1. The third kappa shape index (κ3) is 6.20. The summed E-state index contributed by atoms with van der Waals surface area (Å²) in [4.78, 5) is 23.6. The highest BCUT2D eigenvalue weighted by Gasteiger charge is 2.21. The molecule has 0 bridgehead atoms. The minimum absolute atomic E-state index is 0.0306. The van der Waals surface area contributed by atoms with Gasteiger partial charge in [-0.1, -0.05) is 25.1 Å². The van der Waals surface area contributed by atoms with Crippen LogP contribution in [0.1, 0.15) is 46.6 Å². The van der Waals surface area contributed by atoms with Gasteiger partial charge in [-0.15, -0.1) is 0 Å². The van der Waals surface area contributed by atoms with Gasteiger partial charge in [0.15, 0.2) is 0 Å². The Morgan fingerprint density at radius 3 is 2.23 bits per heavy atom. The average Bonchev–Trinajstić information content (AvgIpc) is 2.37. The first-order chi connectivity index (χ1) is 10.1. The molecule has 1 aromatic carbocycles. The molecule has 0 aliphatic rings. The van der Waals surface area contributed by atoms with Gasteiger partial charge in [0.2, 0.25) is 0 Å². The van der Waals surface area contributed by atoms with Gasteiger partial charge in [0.1, 0.15) is 17.2 Å². The van der Waals surface area contributed by atoms with Gasteiger partial charge >= 0.3 is 5.97 Å². The van der Waals surface area contributed by atoms with Gasteiger partial charge in [-0.3, -0.25) is 9.59 Å². The molecule has 0 heterocycles. The summed E-state index contributed by atoms with van der Waals surface area (Å²) in [5.74, 6) is -1.13. The normalized spacial score (nSPS) is 13.6. The van der Waals surface area contributed by atoms with Crippen LogP contribution in [0.15, 0.2) is 29.8 Å². The Balaban J connectivity index is 3.01. The Bertz CT molecular complexity index is 565. The molecule has 0 saturated carbocycles. The maximum atomic E-state index is 13.0. The van der Waals surface area contributed by atoms with Gasteiger partial charge in [0.05, 0.1) is 6.42 Å². The minimum atomic E-state index is -0.572. The minimum Gasteiger partial charge on any atom is -0.460 e. The van der Waals surface area contributed by atoms with Gasteiger partial charge in [0.25, 0.3) is 0 Å². The second-order valence-corrected chi connectivity index (χ2v) is 6.37. The number of ether oxygens (including phenoxy) is 1. The maximum absolute atomic E-state index is 13.0. The molecule has 0 N–H and O–H groups in total. The first-order valence-corrected chi connectivity index (χ1v) is 7.27. The molecule has 0 aromatic heterocycles. The van der Waals surface area contributed by atoms with Crippen LogP contribution in [0, 0.1) is 11.7 Å². The number of carbonyl (C=O) groups excluding carboxylic acids is 2. The zero-order chi connectivity index (χ0) is 16.9. The Hall–Kier alpha value is -1.97. The fraction of sp³-hybridized carbons (Fsp3) is 0.444. The summed E-state index contributed by atoms with van der Waals surface area (Å²) in [6.07, 6.45) is 1.78. The third-order valence-electron chi connectivity index (χ3n) is 3.16. The first-order valence-electron chi connectivity index (χ1n) is 7.27. The van der Waals surface area contributed by atoms with Gasteiger partial charge in [-0.2, -0.15) is 0 Å². The molecule has 0 aliphatic heterocycles. The SMILES string of the molecule is CC(=O)C(C)C(=Cc1ccc(F)cc1)CC(=O)OC(C)(C)C. The monoisotopic (exact) mass is 306 g/mol. The highest BCUT2D eigenvalue weighted by atomic mass is 19.1. The summed E-state index contributed by atoms with van der Waals surface area (Å²) in [6, 6.07) is 5.90. The molecule has 22 heavy (non-hydrogen) atoms. The molecule has 1 aromatic rings. The lowest BCUT2D eigenvalue weighted by Gasteiger charge is -2.21. The van der Waals surface area contributed by atoms with Crippen LogP contribution < -0.4 is 0 Å². The van der Waals surface area contributed by atoms with E-state index in [0.717, 1.165) is 5.56 Å². The molecule has 4 heteroatoms. The van der Waals surface area contributed by atoms with Crippen molar-refractivity contribution in [1.82, 2.24) is 0 Å². The van der Waals surface area contributed by atoms with E-state index in [4.69, 9.17) is 4.74 Å². The van der Waals surface area contributed by atoms with Crippen LogP contribution in [-0.2, 0) is 14.3 Å². The lowest BCUT2D eigenvalue weighted by molar-refractivity contribution is -0.154. The summed E-state index contributed by atoms with van der Waals surface area (Å²) >= 11 is 0. The number of hydrogen-bond donors (Lipinski definition) is 0. The van der Waals surface area contributed by atoms with Crippen molar-refractivity contribution in [2.24, 2.45) is 5.92 Å². The topological polar surface area (TPSA) is 43.4 Å². The Labute approximate surface area is 131 Å². The number of ketones is 1. The van der Waals surface area contributed by atoms with Crippen LogP contribution in [0.4, 0.5) is 4.39 Å². The van der Waals surface area contributed by atoms with E-state index in [1.54, 1.807) is 45.9 Å². The van der Waals surface area contributed by atoms with Crippen LogP contribution in [0.25, 0.3) is 6.08 Å². The van der Waals surface area contributed by atoms with Crippen LogP contribution in [0.5, 0.6) is 0 Å². The molecule has 0 spiro atoms. The number of carbonyl (C=O) groups is 2. The van der Waals surface area contributed by atoms with Gasteiger partial charge in [-0.05, 0) is 51.0 Å². The standard InChI is InChI=1S/C18H23FO3/c1-12(13(2)20)15(11-17(21)22-18(3,4)5)10-14-6-8-16(19)9-7-14/h6-10,12H,11H2,1-5H3. The van der Waals surface area contributed by atoms with Crippen molar-refractivity contribution in [2.75, 3.05) is 0 Å². The number of Topliss-reactive ketones (excluding diaryl/α,β-unsaturated/α-hetero) is 1. The predicted octanol–water partition coefficient (Wildman–Crippen LogP) is 4.17. The van der Waals surface area contributed by atoms with Crippen molar-refractivity contribution >= 4 is 17.8 Å². The Morgan fingerprint density at radius 1 is 1.23 bits per heavy atom. The summed E-state index contributed by atoms with van der Waals surface area (Å²) in [6.45, 7) is 8.62. The van der Waals surface area contributed by atoms with Crippen molar-refractivity contribution < 1.29 is 18.7 Å². The number of rotatable bonds is 5. The zero-order valence-electron chi connectivity index (χ0n) is 13.8. The van der Waals surface area contributed by atoms with Crippen molar-refractivity contribution in [1.29, 1.82) is 0 Å². The summed E-state index contributed by atoms with van der Waals surface area (Å²) in [5.41, 5.74) is 0.832. The average molecular weight is 306 g/mol. The van der Waals surface area contributed by atoms with Crippen LogP contribution in [-0.4, -0.2) is 17.4 Å². The molecule has 3 nitrogen and oxygen atoms in total. The predicted molar refractivity (Wildman–Crippen MR) is 84.7 cm³/mol. The summed E-state index contributed by atoms with van der Waals surface area (Å²) in [5, 5.41) is 0. The fourth-order valence-electron chi connectivity index (χ4n) is 1.91. The van der Waals surface area contributed by atoms with Crippen LogP contribution in [0.3, 0.4) is 0 Å². The molecule has 120 valence electrons. The van der Waals surface area contributed by atoms with E-state index in [1.165, 1.54) is 19.1 Å². The molecular formula is C18H23FO3. The van der Waals surface area contributed by atoms with Crippen LogP contribution >= 0.6 is 0 Å².